The van der Waals surface area contributed by atoms with Gasteiger partial charge in [-0.05, 0) is 61.6 Å². The van der Waals surface area contributed by atoms with Crippen molar-refractivity contribution in [2.45, 2.75) is 25.7 Å². The summed E-state index contributed by atoms with van der Waals surface area (Å²) in [5.41, 5.74) is 1.23. The second-order valence-electron chi connectivity index (χ2n) is 5.75. The van der Waals surface area contributed by atoms with E-state index in [0.29, 0.717) is 5.56 Å². The van der Waals surface area contributed by atoms with Gasteiger partial charge >= 0.3 is 5.97 Å². The number of nitrogens with one attached hydrogen (secondary N) is 1. The first-order valence-electron chi connectivity index (χ1n) is 6.91. The molecule has 3 rings (SSSR count). The van der Waals surface area contributed by atoms with Crippen molar-refractivity contribution in [2.24, 2.45) is 17.8 Å². The molecular formula is C15H18BrNO2. The minimum Gasteiger partial charge on any atom is -0.478 e. The van der Waals surface area contributed by atoms with Crippen LogP contribution in [0, 0.1) is 17.8 Å². The van der Waals surface area contributed by atoms with Gasteiger partial charge in [0.1, 0.15) is 0 Å². The lowest BCUT2D eigenvalue weighted by Gasteiger charge is -2.17. The number of hydrogen-bond donors (Lipinski definition) is 2. The topological polar surface area (TPSA) is 49.3 Å². The van der Waals surface area contributed by atoms with Crippen LogP contribution in [0.4, 0.5) is 5.69 Å². The van der Waals surface area contributed by atoms with Gasteiger partial charge in [0, 0.05) is 16.7 Å². The van der Waals surface area contributed by atoms with Gasteiger partial charge in [0.2, 0.25) is 0 Å². The van der Waals surface area contributed by atoms with Crippen LogP contribution in [0.25, 0.3) is 0 Å². The first kappa shape index (κ1) is 13.0. The molecule has 1 aromatic rings. The molecule has 3 nitrogen and oxygen atoms in total. The molecule has 2 fully saturated rings. The van der Waals surface area contributed by atoms with E-state index < -0.39 is 5.97 Å². The van der Waals surface area contributed by atoms with Crippen LogP contribution >= 0.6 is 15.9 Å². The normalized spacial score (nSPS) is 18.6. The van der Waals surface area contributed by atoms with E-state index in [-0.39, 0.29) is 0 Å². The molecule has 2 N–H and O–H groups in total. The second-order valence-corrected chi connectivity index (χ2v) is 6.67. The van der Waals surface area contributed by atoms with Crippen molar-refractivity contribution >= 4 is 27.6 Å². The lowest BCUT2D eigenvalue weighted by molar-refractivity contribution is 0.0697. The largest absolute Gasteiger partial charge is 0.478 e. The fraction of sp³-hybridized carbons (Fsp3) is 0.533. The van der Waals surface area contributed by atoms with Gasteiger partial charge in [-0.3, -0.25) is 0 Å². The van der Waals surface area contributed by atoms with Gasteiger partial charge < -0.3 is 10.4 Å². The summed E-state index contributed by atoms with van der Waals surface area (Å²) in [4.78, 5) is 11.0. The average molecular weight is 324 g/mol. The Morgan fingerprint density at radius 2 is 1.89 bits per heavy atom. The summed E-state index contributed by atoms with van der Waals surface area (Å²) in [6.07, 6.45) is 5.51. The molecule has 2 aliphatic carbocycles. The van der Waals surface area contributed by atoms with E-state index in [9.17, 15) is 4.79 Å². The maximum atomic E-state index is 11.0. The molecule has 102 valence electrons. The van der Waals surface area contributed by atoms with Crippen LogP contribution in [0.15, 0.2) is 22.7 Å². The van der Waals surface area contributed by atoms with Crippen LogP contribution < -0.4 is 5.32 Å². The number of benzene rings is 1. The Bertz CT molecular complexity index is 483. The molecule has 0 heterocycles. The number of hydrogen-bond acceptors (Lipinski definition) is 2. The van der Waals surface area contributed by atoms with Gasteiger partial charge in [-0.25, -0.2) is 4.79 Å². The fourth-order valence-corrected chi connectivity index (χ4v) is 3.31. The molecule has 0 saturated heterocycles. The lowest BCUT2D eigenvalue weighted by atomic mass is 9.98. The fourth-order valence-electron chi connectivity index (χ4n) is 2.82. The van der Waals surface area contributed by atoms with Crippen molar-refractivity contribution in [1.29, 1.82) is 0 Å². The first-order valence-corrected chi connectivity index (χ1v) is 7.70. The predicted octanol–water partition coefficient (Wildman–Crippen LogP) is 4.00. The highest BCUT2D eigenvalue weighted by atomic mass is 79.9. The Balaban J connectivity index is 1.66. The zero-order chi connectivity index (χ0) is 13.4. The molecule has 0 radical (unpaired) electrons. The molecule has 19 heavy (non-hydrogen) atoms. The molecule has 0 aromatic heterocycles. The molecule has 4 heteroatoms. The highest BCUT2D eigenvalue weighted by Gasteiger charge is 2.40. The predicted molar refractivity (Wildman–Crippen MR) is 78.5 cm³/mol. The highest BCUT2D eigenvalue weighted by Crippen LogP contribution is 2.49. The van der Waals surface area contributed by atoms with E-state index in [0.717, 1.165) is 34.5 Å². The highest BCUT2D eigenvalue weighted by molar-refractivity contribution is 9.10. The number of anilines is 1. The van der Waals surface area contributed by atoms with Crippen molar-refractivity contribution in [2.75, 3.05) is 11.9 Å². The molecule has 1 aromatic carbocycles. The summed E-state index contributed by atoms with van der Waals surface area (Å²) in [5.74, 6) is 1.72. The summed E-state index contributed by atoms with van der Waals surface area (Å²) in [6.45, 7) is 0.977. The van der Waals surface area contributed by atoms with Gasteiger partial charge in [0.25, 0.3) is 0 Å². The summed E-state index contributed by atoms with van der Waals surface area (Å²) in [6, 6.07) is 5.29. The Labute approximate surface area is 121 Å². The molecule has 0 atom stereocenters. The third-order valence-electron chi connectivity index (χ3n) is 4.14. The van der Waals surface area contributed by atoms with Crippen LogP contribution in [0.2, 0.25) is 0 Å². The first-order chi connectivity index (χ1) is 9.13. The Hall–Kier alpha value is -1.03. The Morgan fingerprint density at radius 1 is 1.26 bits per heavy atom. The van der Waals surface area contributed by atoms with Gasteiger partial charge in [0.05, 0.1) is 5.56 Å². The zero-order valence-electron chi connectivity index (χ0n) is 10.7. The monoisotopic (exact) mass is 323 g/mol. The SMILES string of the molecule is O=C(O)c1cc(Br)cc(NCC(C2CC2)C2CC2)c1. The van der Waals surface area contributed by atoms with Gasteiger partial charge in [-0.2, -0.15) is 0 Å². The molecule has 0 spiro atoms. The third kappa shape index (κ3) is 3.30. The van der Waals surface area contributed by atoms with E-state index in [4.69, 9.17) is 5.11 Å². The van der Waals surface area contributed by atoms with E-state index in [1.54, 1.807) is 12.1 Å². The summed E-state index contributed by atoms with van der Waals surface area (Å²) >= 11 is 3.37. The number of carbonyl (C=O) groups is 1. The summed E-state index contributed by atoms with van der Waals surface area (Å²) in [5, 5.41) is 12.5. The van der Waals surface area contributed by atoms with Crippen molar-refractivity contribution in [3.05, 3.63) is 28.2 Å². The van der Waals surface area contributed by atoms with Crippen LogP contribution in [0.1, 0.15) is 36.0 Å². The van der Waals surface area contributed by atoms with Crippen LogP contribution in [0.5, 0.6) is 0 Å². The van der Waals surface area contributed by atoms with Gasteiger partial charge in [-0.1, -0.05) is 15.9 Å². The van der Waals surface area contributed by atoms with Crippen molar-refractivity contribution in [3.63, 3.8) is 0 Å². The molecule has 2 saturated carbocycles. The van der Waals surface area contributed by atoms with E-state index in [1.165, 1.54) is 25.7 Å². The number of halogens is 1. The van der Waals surface area contributed by atoms with Crippen molar-refractivity contribution in [3.8, 4) is 0 Å². The van der Waals surface area contributed by atoms with Gasteiger partial charge in [0.15, 0.2) is 0 Å². The Kier molecular flexibility index (Phi) is 3.52. The quantitative estimate of drug-likeness (QED) is 0.832. The maximum Gasteiger partial charge on any atom is 0.335 e. The molecule has 0 unspecified atom stereocenters. The van der Waals surface area contributed by atoms with Crippen molar-refractivity contribution < 1.29 is 9.90 Å². The molecular weight excluding hydrogens is 306 g/mol. The summed E-state index contributed by atoms with van der Waals surface area (Å²) in [7, 11) is 0. The smallest absolute Gasteiger partial charge is 0.335 e. The molecule has 0 aliphatic heterocycles. The van der Waals surface area contributed by atoms with Crippen LogP contribution in [-0.4, -0.2) is 17.6 Å². The number of carboxylic acids is 1. The van der Waals surface area contributed by atoms with Crippen LogP contribution in [-0.2, 0) is 0 Å². The second kappa shape index (κ2) is 5.16. The minimum atomic E-state index is -0.884. The van der Waals surface area contributed by atoms with E-state index in [2.05, 4.69) is 21.2 Å². The number of rotatable bonds is 6. The van der Waals surface area contributed by atoms with Crippen molar-refractivity contribution in [1.82, 2.24) is 0 Å². The maximum absolute atomic E-state index is 11.0. The number of carboxylic acid groups (broad SMARTS) is 1. The van der Waals surface area contributed by atoms with E-state index in [1.807, 2.05) is 6.07 Å². The van der Waals surface area contributed by atoms with Crippen LogP contribution in [0.3, 0.4) is 0 Å². The minimum absolute atomic E-state index is 0.325. The molecule has 2 aliphatic rings. The average Bonchev–Trinajstić information content (AvgIpc) is 3.23. The molecule has 0 bridgehead atoms. The lowest BCUT2D eigenvalue weighted by Crippen LogP contribution is -2.18. The van der Waals surface area contributed by atoms with E-state index >= 15 is 0 Å². The Morgan fingerprint density at radius 3 is 2.42 bits per heavy atom. The zero-order valence-corrected chi connectivity index (χ0v) is 12.3. The van der Waals surface area contributed by atoms with Gasteiger partial charge in [-0.15, -0.1) is 0 Å². The number of aromatic carboxylic acids is 1. The summed E-state index contributed by atoms with van der Waals surface area (Å²) < 4.78 is 0.810. The standard InChI is InChI=1S/C15H18BrNO2/c16-12-5-11(15(18)19)6-13(7-12)17-8-14(9-1-2-9)10-3-4-10/h5-7,9-10,14,17H,1-4,8H2,(H,18,19). The third-order valence-corrected chi connectivity index (χ3v) is 4.60. The molecule has 0 amide bonds.